The fourth-order valence-corrected chi connectivity index (χ4v) is 4.26. The normalized spacial score (nSPS) is 22.3. The summed E-state index contributed by atoms with van der Waals surface area (Å²) < 4.78 is 23.9. The van der Waals surface area contributed by atoms with Gasteiger partial charge in [-0.15, -0.1) is 0 Å². The van der Waals surface area contributed by atoms with Crippen LogP contribution in [0, 0.1) is 6.92 Å². The largest absolute Gasteiger partial charge is 0.334 e. The SMILES string of the molecule is Cc1cccc(C(=O)N2CCS(=O)(=O)CC2C)c1Br. The van der Waals surface area contributed by atoms with Gasteiger partial charge in [0.15, 0.2) is 9.84 Å². The van der Waals surface area contributed by atoms with Crippen molar-refractivity contribution in [2.45, 2.75) is 19.9 Å². The van der Waals surface area contributed by atoms with Gasteiger partial charge >= 0.3 is 0 Å². The van der Waals surface area contributed by atoms with E-state index in [1.165, 1.54) is 0 Å². The Labute approximate surface area is 121 Å². The van der Waals surface area contributed by atoms with Crippen molar-refractivity contribution < 1.29 is 13.2 Å². The minimum absolute atomic E-state index is 0.0438. The highest BCUT2D eigenvalue weighted by molar-refractivity contribution is 9.10. The second-order valence-electron chi connectivity index (χ2n) is 4.90. The molecule has 0 bridgehead atoms. The van der Waals surface area contributed by atoms with Crippen LogP contribution < -0.4 is 0 Å². The van der Waals surface area contributed by atoms with E-state index in [4.69, 9.17) is 0 Å². The van der Waals surface area contributed by atoms with Crippen molar-refractivity contribution in [3.63, 3.8) is 0 Å². The molecule has 1 saturated heterocycles. The standard InChI is InChI=1S/C13H16BrNO3S/c1-9-4-3-5-11(12(9)14)13(16)15-6-7-19(17,18)8-10(15)2/h3-5,10H,6-8H2,1-2H3. The number of hydrogen-bond donors (Lipinski definition) is 0. The number of hydrogen-bond acceptors (Lipinski definition) is 3. The molecular weight excluding hydrogens is 330 g/mol. The van der Waals surface area contributed by atoms with Gasteiger partial charge in [0, 0.05) is 17.1 Å². The minimum Gasteiger partial charge on any atom is -0.334 e. The van der Waals surface area contributed by atoms with Crippen LogP contribution in [0.4, 0.5) is 0 Å². The lowest BCUT2D eigenvalue weighted by Crippen LogP contribution is -2.49. The van der Waals surface area contributed by atoms with E-state index in [9.17, 15) is 13.2 Å². The monoisotopic (exact) mass is 345 g/mol. The molecule has 1 aromatic carbocycles. The van der Waals surface area contributed by atoms with Crippen molar-refractivity contribution in [2.24, 2.45) is 0 Å². The van der Waals surface area contributed by atoms with Gasteiger partial charge in [-0.2, -0.15) is 0 Å². The number of amides is 1. The summed E-state index contributed by atoms with van der Waals surface area (Å²) in [6.45, 7) is 3.96. The Morgan fingerprint density at radius 3 is 2.74 bits per heavy atom. The lowest BCUT2D eigenvalue weighted by molar-refractivity contribution is 0.0711. The van der Waals surface area contributed by atoms with Crippen LogP contribution in [0.5, 0.6) is 0 Å². The second kappa shape index (κ2) is 5.25. The Morgan fingerprint density at radius 2 is 2.11 bits per heavy atom. The number of benzene rings is 1. The van der Waals surface area contributed by atoms with Crippen LogP contribution in [0.15, 0.2) is 22.7 Å². The maximum absolute atomic E-state index is 12.5. The lowest BCUT2D eigenvalue weighted by atomic mass is 10.1. The van der Waals surface area contributed by atoms with Crippen LogP contribution >= 0.6 is 15.9 Å². The highest BCUT2D eigenvalue weighted by atomic mass is 79.9. The van der Waals surface area contributed by atoms with Crippen molar-refractivity contribution >= 4 is 31.7 Å². The molecule has 1 aliphatic heterocycles. The summed E-state index contributed by atoms with van der Waals surface area (Å²) in [7, 11) is -3.00. The molecule has 1 fully saturated rings. The summed E-state index contributed by atoms with van der Waals surface area (Å²) in [6.07, 6.45) is 0. The molecule has 0 saturated carbocycles. The zero-order valence-electron chi connectivity index (χ0n) is 10.9. The van der Waals surface area contributed by atoms with Gasteiger partial charge in [-0.25, -0.2) is 8.42 Å². The number of sulfone groups is 1. The van der Waals surface area contributed by atoms with Gasteiger partial charge in [-0.3, -0.25) is 4.79 Å². The van der Waals surface area contributed by atoms with Crippen molar-refractivity contribution in [2.75, 3.05) is 18.1 Å². The Kier molecular flexibility index (Phi) is 4.01. The van der Waals surface area contributed by atoms with Gasteiger partial charge in [0.25, 0.3) is 5.91 Å². The summed E-state index contributed by atoms with van der Waals surface area (Å²) in [6, 6.07) is 5.23. The first-order valence-corrected chi connectivity index (χ1v) is 8.70. The quantitative estimate of drug-likeness (QED) is 0.782. The number of carbonyl (C=O) groups excluding carboxylic acids is 1. The van der Waals surface area contributed by atoms with Crippen LogP contribution in [-0.4, -0.2) is 43.3 Å². The molecule has 4 nitrogen and oxygen atoms in total. The zero-order chi connectivity index (χ0) is 14.2. The van der Waals surface area contributed by atoms with Gasteiger partial charge in [0.1, 0.15) is 0 Å². The van der Waals surface area contributed by atoms with Gasteiger partial charge in [-0.1, -0.05) is 12.1 Å². The third kappa shape index (κ3) is 3.00. The van der Waals surface area contributed by atoms with Gasteiger partial charge in [0.05, 0.1) is 17.1 Å². The maximum Gasteiger partial charge on any atom is 0.255 e. The number of aryl methyl sites for hydroxylation is 1. The number of rotatable bonds is 1. The molecule has 19 heavy (non-hydrogen) atoms. The topological polar surface area (TPSA) is 54.5 Å². The van der Waals surface area contributed by atoms with Gasteiger partial charge in [0.2, 0.25) is 0 Å². The van der Waals surface area contributed by atoms with E-state index >= 15 is 0 Å². The molecule has 0 radical (unpaired) electrons. The first-order chi connectivity index (χ1) is 8.82. The number of carbonyl (C=O) groups is 1. The molecule has 2 rings (SSSR count). The van der Waals surface area contributed by atoms with Crippen molar-refractivity contribution in [3.8, 4) is 0 Å². The smallest absolute Gasteiger partial charge is 0.255 e. The summed E-state index contributed by atoms with van der Waals surface area (Å²) in [4.78, 5) is 14.1. The van der Waals surface area contributed by atoms with Crippen molar-refractivity contribution in [3.05, 3.63) is 33.8 Å². The van der Waals surface area contributed by atoms with Crippen LogP contribution in [0.25, 0.3) is 0 Å². The molecule has 0 aliphatic carbocycles. The number of nitrogens with zero attached hydrogens (tertiary/aromatic N) is 1. The Bertz CT molecular complexity index is 612. The first kappa shape index (κ1) is 14.5. The molecule has 0 spiro atoms. The molecule has 0 aromatic heterocycles. The average molecular weight is 346 g/mol. The minimum atomic E-state index is -3.00. The molecular formula is C13H16BrNO3S. The Morgan fingerprint density at radius 1 is 1.42 bits per heavy atom. The molecule has 1 heterocycles. The summed E-state index contributed by atoms with van der Waals surface area (Å²) in [5.41, 5.74) is 1.58. The van der Waals surface area contributed by atoms with Crippen LogP contribution in [0.3, 0.4) is 0 Å². The molecule has 1 amide bonds. The van der Waals surface area contributed by atoms with E-state index in [0.29, 0.717) is 5.56 Å². The molecule has 1 atom stereocenters. The van der Waals surface area contributed by atoms with Crippen molar-refractivity contribution in [1.82, 2.24) is 4.90 Å². The van der Waals surface area contributed by atoms with Crippen molar-refractivity contribution in [1.29, 1.82) is 0 Å². The second-order valence-corrected chi connectivity index (χ2v) is 7.92. The van der Waals surface area contributed by atoms with E-state index in [1.54, 1.807) is 17.9 Å². The van der Waals surface area contributed by atoms with E-state index in [1.807, 2.05) is 19.1 Å². The van der Waals surface area contributed by atoms with E-state index in [-0.39, 0.29) is 30.0 Å². The Hall–Kier alpha value is -0.880. The zero-order valence-corrected chi connectivity index (χ0v) is 13.3. The molecule has 1 unspecified atom stereocenters. The summed E-state index contributed by atoms with van der Waals surface area (Å²) in [5.74, 6) is -0.0210. The fourth-order valence-electron chi connectivity index (χ4n) is 2.27. The average Bonchev–Trinajstić information content (AvgIpc) is 2.31. The lowest BCUT2D eigenvalue weighted by Gasteiger charge is -2.33. The molecule has 104 valence electrons. The third-order valence-electron chi connectivity index (χ3n) is 3.35. The predicted octanol–water partition coefficient (Wildman–Crippen LogP) is 2.02. The van der Waals surface area contributed by atoms with Gasteiger partial charge < -0.3 is 4.90 Å². The molecule has 1 aromatic rings. The highest BCUT2D eigenvalue weighted by Crippen LogP contribution is 2.24. The maximum atomic E-state index is 12.5. The predicted molar refractivity (Wildman–Crippen MR) is 78.0 cm³/mol. The molecule has 1 aliphatic rings. The fraction of sp³-hybridized carbons (Fsp3) is 0.462. The Balaban J connectivity index is 2.28. The van der Waals surface area contributed by atoms with E-state index in [2.05, 4.69) is 15.9 Å². The van der Waals surface area contributed by atoms with Crippen LogP contribution in [0.1, 0.15) is 22.8 Å². The van der Waals surface area contributed by atoms with Crippen LogP contribution in [-0.2, 0) is 9.84 Å². The highest BCUT2D eigenvalue weighted by Gasteiger charge is 2.32. The van der Waals surface area contributed by atoms with Gasteiger partial charge in [-0.05, 0) is 41.4 Å². The summed E-state index contributed by atoms with van der Waals surface area (Å²) >= 11 is 3.42. The molecule has 6 heteroatoms. The first-order valence-electron chi connectivity index (χ1n) is 6.08. The van der Waals surface area contributed by atoms with E-state index in [0.717, 1.165) is 10.0 Å². The molecule has 0 N–H and O–H groups in total. The van der Waals surface area contributed by atoms with Crippen LogP contribution in [0.2, 0.25) is 0 Å². The number of halogens is 1. The van der Waals surface area contributed by atoms with E-state index < -0.39 is 9.84 Å². The third-order valence-corrected chi connectivity index (χ3v) is 6.20. The summed E-state index contributed by atoms with van der Waals surface area (Å²) in [5, 5.41) is 0.